The van der Waals surface area contributed by atoms with Crippen molar-refractivity contribution in [1.82, 2.24) is 9.61 Å². The number of alkyl halides is 3. The van der Waals surface area contributed by atoms with E-state index in [0.29, 0.717) is 22.5 Å². The van der Waals surface area contributed by atoms with Gasteiger partial charge in [-0.25, -0.2) is 13.7 Å². The molecule has 5 nitrogen and oxygen atoms in total. The average molecular weight is 407 g/mol. The van der Waals surface area contributed by atoms with E-state index in [1.807, 2.05) is 0 Å². The third-order valence-corrected chi connectivity index (χ3v) is 5.12. The number of anilines is 1. The Morgan fingerprint density at radius 2 is 1.86 bits per heavy atom. The van der Waals surface area contributed by atoms with Crippen molar-refractivity contribution in [2.24, 2.45) is 0 Å². The Morgan fingerprint density at radius 3 is 2.45 bits per heavy atom. The van der Waals surface area contributed by atoms with Crippen LogP contribution in [0.25, 0.3) is 5.52 Å². The van der Waals surface area contributed by atoms with Crippen molar-refractivity contribution in [3.8, 4) is 0 Å². The lowest BCUT2D eigenvalue weighted by molar-refractivity contribution is -0.141. The SMILES string of the molecule is CC1(C)CN(C(=O)O)c2cc(Cc3ccc(F)cc3)c3cc(C(F)(F)F)nn3c21. The van der Waals surface area contributed by atoms with Crippen LogP contribution in [0.2, 0.25) is 0 Å². The first kappa shape index (κ1) is 19.2. The van der Waals surface area contributed by atoms with Crippen LogP contribution in [-0.4, -0.2) is 27.4 Å². The second-order valence-corrected chi connectivity index (χ2v) is 7.78. The molecule has 3 aromatic rings. The van der Waals surface area contributed by atoms with Crippen LogP contribution in [0.4, 0.5) is 28.0 Å². The summed E-state index contributed by atoms with van der Waals surface area (Å²) >= 11 is 0. The van der Waals surface area contributed by atoms with Gasteiger partial charge in [-0.1, -0.05) is 26.0 Å². The first-order chi connectivity index (χ1) is 13.5. The minimum atomic E-state index is -4.64. The minimum absolute atomic E-state index is 0.105. The lowest BCUT2D eigenvalue weighted by Crippen LogP contribution is -2.32. The molecule has 0 bridgehead atoms. The summed E-state index contributed by atoms with van der Waals surface area (Å²) in [7, 11) is 0. The molecule has 4 rings (SSSR count). The molecule has 1 aromatic carbocycles. The zero-order valence-electron chi connectivity index (χ0n) is 15.6. The minimum Gasteiger partial charge on any atom is -0.465 e. The van der Waals surface area contributed by atoms with E-state index in [1.165, 1.54) is 16.6 Å². The molecule has 1 aliphatic heterocycles. The van der Waals surface area contributed by atoms with Crippen LogP contribution in [0.15, 0.2) is 36.4 Å². The smallest absolute Gasteiger partial charge is 0.435 e. The van der Waals surface area contributed by atoms with Crippen molar-refractivity contribution < 1.29 is 27.5 Å². The van der Waals surface area contributed by atoms with E-state index in [0.717, 1.165) is 11.0 Å². The first-order valence-electron chi connectivity index (χ1n) is 8.85. The molecular formula is C20H17F4N3O2. The molecule has 3 heterocycles. The van der Waals surface area contributed by atoms with Gasteiger partial charge in [0.1, 0.15) is 5.82 Å². The van der Waals surface area contributed by atoms with Crippen molar-refractivity contribution in [3.63, 3.8) is 0 Å². The molecule has 9 heteroatoms. The Hall–Kier alpha value is -3.10. The maximum Gasteiger partial charge on any atom is 0.435 e. The Labute approximate surface area is 163 Å². The number of rotatable bonds is 2. The summed E-state index contributed by atoms with van der Waals surface area (Å²) in [6.45, 7) is 3.64. The van der Waals surface area contributed by atoms with E-state index in [1.54, 1.807) is 32.0 Å². The van der Waals surface area contributed by atoms with Gasteiger partial charge in [-0.05, 0) is 41.8 Å². The van der Waals surface area contributed by atoms with Crippen molar-refractivity contribution >= 4 is 17.3 Å². The third kappa shape index (κ3) is 3.20. The van der Waals surface area contributed by atoms with Gasteiger partial charge in [0.2, 0.25) is 0 Å². The van der Waals surface area contributed by atoms with E-state index in [2.05, 4.69) is 5.10 Å². The van der Waals surface area contributed by atoms with Gasteiger partial charge in [0.25, 0.3) is 0 Å². The summed E-state index contributed by atoms with van der Waals surface area (Å²) in [6.07, 6.45) is -5.62. The lowest BCUT2D eigenvalue weighted by atomic mass is 9.90. The molecule has 0 unspecified atom stereocenters. The summed E-state index contributed by atoms with van der Waals surface area (Å²) in [5, 5.41) is 13.4. The fourth-order valence-corrected chi connectivity index (χ4v) is 3.86. The molecule has 0 fully saturated rings. The van der Waals surface area contributed by atoms with Crippen LogP contribution in [0.5, 0.6) is 0 Å². The number of hydrogen-bond acceptors (Lipinski definition) is 2. The second-order valence-electron chi connectivity index (χ2n) is 7.78. The number of carbonyl (C=O) groups is 1. The lowest BCUT2D eigenvalue weighted by Gasteiger charge is -2.19. The van der Waals surface area contributed by atoms with E-state index in [4.69, 9.17) is 0 Å². The molecule has 1 N–H and O–H groups in total. The fourth-order valence-electron chi connectivity index (χ4n) is 3.86. The standard InChI is InChI=1S/C20H17F4N3O2/c1-19(2)10-26(18(28)29)15-8-12(7-11-3-5-13(21)6-4-11)14-9-16(20(22,23)24)25-27(14)17(15)19/h3-6,8-9H,7,10H2,1-2H3,(H,28,29). The number of pyridine rings is 1. The number of amides is 1. The average Bonchev–Trinajstić information content (AvgIpc) is 3.16. The summed E-state index contributed by atoms with van der Waals surface area (Å²) in [5.41, 5.74) is 0.355. The highest BCUT2D eigenvalue weighted by Gasteiger charge is 2.43. The molecule has 0 saturated heterocycles. The predicted octanol–water partition coefficient (Wildman–Crippen LogP) is 4.86. The van der Waals surface area contributed by atoms with Gasteiger partial charge >= 0.3 is 12.3 Å². The van der Waals surface area contributed by atoms with Crippen LogP contribution in [0.3, 0.4) is 0 Å². The zero-order chi connectivity index (χ0) is 21.1. The highest BCUT2D eigenvalue weighted by Crippen LogP contribution is 2.43. The molecule has 29 heavy (non-hydrogen) atoms. The molecule has 0 atom stereocenters. The number of nitrogens with zero attached hydrogens (tertiary/aromatic N) is 3. The van der Waals surface area contributed by atoms with Gasteiger partial charge in [0.05, 0.1) is 16.9 Å². The third-order valence-electron chi connectivity index (χ3n) is 5.12. The van der Waals surface area contributed by atoms with Gasteiger partial charge in [-0.15, -0.1) is 0 Å². The number of hydrogen-bond donors (Lipinski definition) is 1. The van der Waals surface area contributed by atoms with Gasteiger partial charge in [-0.2, -0.15) is 18.3 Å². The number of aromatic nitrogens is 2. The van der Waals surface area contributed by atoms with E-state index < -0.39 is 29.2 Å². The van der Waals surface area contributed by atoms with Crippen LogP contribution >= 0.6 is 0 Å². The molecule has 1 amide bonds. The van der Waals surface area contributed by atoms with Crippen LogP contribution < -0.4 is 4.90 Å². The summed E-state index contributed by atoms with van der Waals surface area (Å²) in [5.74, 6) is -0.421. The number of carboxylic acid groups (broad SMARTS) is 1. The molecule has 1 aliphatic rings. The number of halogens is 4. The van der Waals surface area contributed by atoms with Crippen LogP contribution in [-0.2, 0) is 18.0 Å². The quantitative estimate of drug-likeness (QED) is 0.618. The van der Waals surface area contributed by atoms with Crippen LogP contribution in [0, 0.1) is 5.82 Å². The molecule has 0 aliphatic carbocycles. The largest absolute Gasteiger partial charge is 0.465 e. The van der Waals surface area contributed by atoms with Gasteiger partial charge < -0.3 is 5.11 Å². The van der Waals surface area contributed by atoms with Crippen molar-refractivity contribution in [3.05, 3.63) is 64.7 Å². The summed E-state index contributed by atoms with van der Waals surface area (Å²) in [4.78, 5) is 12.9. The first-order valence-corrected chi connectivity index (χ1v) is 8.85. The molecule has 152 valence electrons. The van der Waals surface area contributed by atoms with E-state index >= 15 is 0 Å². The van der Waals surface area contributed by atoms with Crippen molar-refractivity contribution in [2.75, 3.05) is 11.4 Å². The summed E-state index contributed by atoms with van der Waals surface area (Å²) < 4.78 is 54.5. The van der Waals surface area contributed by atoms with Crippen LogP contribution in [0.1, 0.15) is 36.4 Å². The Balaban J connectivity index is 1.98. The Bertz CT molecular complexity index is 1120. The van der Waals surface area contributed by atoms with E-state index in [-0.39, 0.29) is 18.5 Å². The topological polar surface area (TPSA) is 57.8 Å². The molecule has 0 spiro atoms. The Morgan fingerprint density at radius 1 is 1.21 bits per heavy atom. The second kappa shape index (κ2) is 6.20. The van der Waals surface area contributed by atoms with Gasteiger partial charge in [0.15, 0.2) is 5.69 Å². The van der Waals surface area contributed by atoms with Gasteiger partial charge in [0, 0.05) is 12.0 Å². The molecular weight excluding hydrogens is 390 g/mol. The highest BCUT2D eigenvalue weighted by atomic mass is 19.4. The summed E-state index contributed by atoms with van der Waals surface area (Å²) in [6, 6.07) is 8.18. The zero-order valence-corrected chi connectivity index (χ0v) is 15.6. The Kier molecular flexibility index (Phi) is 4.11. The number of benzene rings is 1. The van der Waals surface area contributed by atoms with Crippen molar-refractivity contribution in [1.29, 1.82) is 0 Å². The molecule has 2 aromatic heterocycles. The maximum atomic E-state index is 13.4. The highest BCUT2D eigenvalue weighted by molar-refractivity contribution is 5.90. The maximum absolute atomic E-state index is 13.4. The monoisotopic (exact) mass is 407 g/mol. The predicted molar refractivity (Wildman–Crippen MR) is 97.8 cm³/mol. The molecule has 0 saturated carbocycles. The number of fused-ring (bicyclic) bond motifs is 3. The fraction of sp³-hybridized carbons (Fsp3) is 0.300. The molecule has 0 radical (unpaired) electrons. The van der Waals surface area contributed by atoms with Gasteiger partial charge in [-0.3, -0.25) is 4.90 Å². The normalized spacial score (nSPS) is 15.7. The van der Waals surface area contributed by atoms with E-state index in [9.17, 15) is 27.5 Å². The van der Waals surface area contributed by atoms with Crippen molar-refractivity contribution in [2.45, 2.75) is 31.9 Å².